The molecule has 1 aromatic rings. The molecule has 1 aromatic heterocycles. The van der Waals surface area contributed by atoms with E-state index in [-0.39, 0.29) is 11.4 Å². The van der Waals surface area contributed by atoms with E-state index in [9.17, 15) is 4.79 Å². The van der Waals surface area contributed by atoms with Crippen molar-refractivity contribution in [3.05, 3.63) is 11.4 Å². The zero-order chi connectivity index (χ0) is 13.2. The van der Waals surface area contributed by atoms with Gasteiger partial charge in [-0.05, 0) is 26.7 Å². The summed E-state index contributed by atoms with van der Waals surface area (Å²) in [6, 6.07) is 0. The van der Waals surface area contributed by atoms with Crippen molar-refractivity contribution in [2.75, 3.05) is 5.73 Å². The van der Waals surface area contributed by atoms with E-state index in [0.29, 0.717) is 11.4 Å². The topological polar surface area (TPSA) is 72.9 Å². The van der Waals surface area contributed by atoms with Crippen molar-refractivity contribution in [1.29, 1.82) is 0 Å². The largest absolute Gasteiger partial charge is 0.395 e. The summed E-state index contributed by atoms with van der Waals surface area (Å²) in [7, 11) is 1.74. The van der Waals surface area contributed by atoms with Crippen LogP contribution in [0.1, 0.15) is 50.3 Å². The minimum atomic E-state index is -0.236. The Morgan fingerprint density at radius 2 is 2.06 bits per heavy atom. The first kappa shape index (κ1) is 13.5. The number of amides is 1. The van der Waals surface area contributed by atoms with Gasteiger partial charge >= 0.3 is 0 Å². The van der Waals surface area contributed by atoms with Gasteiger partial charge in [0.2, 0.25) is 0 Å². The predicted octanol–water partition coefficient (Wildman–Crippen LogP) is 1.48. The Hall–Kier alpha value is -1.52. The summed E-state index contributed by atoms with van der Waals surface area (Å²) in [5.74, 6) is -0.163. The van der Waals surface area contributed by atoms with E-state index in [4.69, 9.17) is 5.73 Å². The van der Waals surface area contributed by atoms with Crippen LogP contribution in [-0.4, -0.2) is 21.2 Å². The van der Waals surface area contributed by atoms with Gasteiger partial charge in [0.15, 0.2) is 0 Å². The van der Waals surface area contributed by atoms with Crippen LogP contribution >= 0.6 is 0 Å². The molecule has 0 radical (unpaired) electrons. The third-order valence-electron chi connectivity index (χ3n) is 3.05. The Kier molecular flexibility index (Phi) is 3.80. The SMILES string of the molecule is CCc1nn(C)c(C(=O)NC(C)(C)CC)c1N. The molecule has 0 atom stereocenters. The van der Waals surface area contributed by atoms with E-state index in [1.54, 1.807) is 11.7 Å². The summed E-state index contributed by atoms with van der Waals surface area (Å²) < 4.78 is 1.55. The molecule has 0 saturated heterocycles. The average molecular weight is 238 g/mol. The van der Waals surface area contributed by atoms with Crippen LogP contribution in [0.25, 0.3) is 0 Å². The lowest BCUT2D eigenvalue weighted by Gasteiger charge is -2.24. The number of hydrogen-bond donors (Lipinski definition) is 2. The number of aromatic nitrogens is 2. The number of nitrogens with two attached hydrogens (primary N) is 1. The molecule has 0 aromatic carbocycles. The van der Waals surface area contributed by atoms with Crippen LogP contribution in [0.15, 0.2) is 0 Å². The normalized spacial score (nSPS) is 11.6. The highest BCUT2D eigenvalue weighted by molar-refractivity contribution is 5.98. The van der Waals surface area contributed by atoms with Crippen molar-refractivity contribution in [1.82, 2.24) is 15.1 Å². The van der Waals surface area contributed by atoms with Gasteiger partial charge in [-0.1, -0.05) is 13.8 Å². The Bertz CT molecular complexity index is 420. The van der Waals surface area contributed by atoms with E-state index < -0.39 is 0 Å². The first-order valence-electron chi connectivity index (χ1n) is 5.96. The molecule has 5 nitrogen and oxygen atoms in total. The van der Waals surface area contributed by atoms with Gasteiger partial charge in [0, 0.05) is 12.6 Å². The first-order chi connectivity index (χ1) is 7.82. The van der Waals surface area contributed by atoms with Crippen molar-refractivity contribution in [3.63, 3.8) is 0 Å². The second-order valence-electron chi connectivity index (χ2n) is 4.88. The summed E-state index contributed by atoms with van der Waals surface area (Å²) >= 11 is 0. The highest BCUT2D eigenvalue weighted by Gasteiger charge is 2.24. The molecule has 1 amide bonds. The molecule has 1 rings (SSSR count). The molecule has 0 aliphatic rings. The lowest BCUT2D eigenvalue weighted by molar-refractivity contribution is 0.0902. The van der Waals surface area contributed by atoms with Gasteiger partial charge in [0.25, 0.3) is 5.91 Å². The van der Waals surface area contributed by atoms with Crippen LogP contribution in [0.2, 0.25) is 0 Å². The van der Waals surface area contributed by atoms with Crippen LogP contribution < -0.4 is 11.1 Å². The summed E-state index contributed by atoms with van der Waals surface area (Å²) in [6.45, 7) is 7.97. The highest BCUT2D eigenvalue weighted by atomic mass is 16.2. The van der Waals surface area contributed by atoms with E-state index in [1.807, 2.05) is 27.7 Å². The van der Waals surface area contributed by atoms with Crippen molar-refractivity contribution in [2.24, 2.45) is 7.05 Å². The van der Waals surface area contributed by atoms with Crippen LogP contribution in [0.5, 0.6) is 0 Å². The maximum atomic E-state index is 12.1. The number of aryl methyl sites for hydroxylation is 2. The second kappa shape index (κ2) is 4.77. The van der Waals surface area contributed by atoms with Crippen molar-refractivity contribution in [2.45, 2.75) is 46.1 Å². The first-order valence-corrected chi connectivity index (χ1v) is 5.96. The van der Waals surface area contributed by atoms with Gasteiger partial charge < -0.3 is 11.1 Å². The second-order valence-corrected chi connectivity index (χ2v) is 4.88. The molecule has 0 bridgehead atoms. The maximum Gasteiger partial charge on any atom is 0.272 e. The minimum Gasteiger partial charge on any atom is -0.395 e. The summed E-state index contributed by atoms with van der Waals surface area (Å²) in [5, 5.41) is 7.20. The Morgan fingerprint density at radius 3 is 2.47 bits per heavy atom. The molecule has 0 aliphatic heterocycles. The number of rotatable bonds is 4. The maximum absolute atomic E-state index is 12.1. The standard InChI is InChI=1S/C12H22N4O/c1-6-8-9(13)10(16(5)15-8)11(17)14-12(3,4)7-2/h6-7,13H2,1-5H3,(H,14,17). The zero-order valence-electron chi connectivity index (χ0n) is 11.3. The lowest BCUT2D eigenvalue weighted by atomic mass is 10.0. The molecule has 0 saturated carbocycles. The number of carbonyl (C=O) groups excluding carboxylic acids is 1. The number of nitrogens with one attached hydrogen (secondary N) is 1. The smallest absolute Gasteiger partial charge is 0.272 e. The molecule has 1 heterocycles. The molecular formula is C12H22N4O. The third kappa shape index (κ3) is 2.78. The molecule has 0 aliphatic carbocycles. The van der Waals surface area contributed by atoms with Gasteiger partial charge in [-0.25, -0.2) is 0 Å². The number of nitrogen functional groups attached to an aromatic ring is 1. The molecule has 0 unspecified atom stereocenters. The summed E-state index contributed by atoms with van der Waals surface area (Å²) in [5.41, 5.74) is 7.40. The molecule has 5 heteroatoms. The molecule has 17 heavy (non-hydrogen) atoms. The van der Waals surface area contributed by atoms with Crippen molar-refractivity contribution in [3.8, 4) is 0 Å². The van der Waals surface area contributed by atoms with E-state index in [0.717, 1.165) is 18.5 Å². The Morgan fingerprint density at radius 1 is 1.47 bits per heavy atom. The van der Waals surface area contributed by atoms with E-state index >= 15 is 0 Å². The molecule has 0 spiro atoms. The van der Waals surface area contributed by atoms with Crippen LogP contribution in [-0.2, 0) is 13.5 Å². The fraction of sp³-hybridized carbons (Fsp3) is 0.667. The summed E-state index contributed by atoms with van der Waals surface area (Å²) in [6.07, 6.45) is 1.58. The van der Waals surface area contributed by atoms with Crippen molar-refractivity contribution >= 4 is 11.6 Å². The molecule has 96 valence electrons. The van der Waals surface area contributed by atoms with Crippen LogP contribution in [0.3, 0.4) is 0 Å². The molecule has 0 fully saturated rings. The minimum absolute atomic E-state index is 0.163. The zero-order valence-corrected chi connectivity index (χ0v) is 11.3. The predicted molar refractivity (Wildman–Crippen MR) is 68.8 cm³/mol. The van der Waals surface area contributed by atoms with Crippen molar-refractivity contribution < 1.29 is 4.79 Å². The fourth-order valence-electron chi connectivity index (χ4n) is 1.58. The number of nitrogens with zero attached hydrogens (tertiary/aromatic N) is 2. The van der Waals surface area contributed by atoms with E-state index in [2.05, 4.69) is 10.4 Å². The molecular weight excluding hydrogens is 216 g/mol. The number of carbonyl (C=O) groups is 1. The highest BCUT2D eigenvalue weighted by Crippen LogP contribution is 2.18. The van der Waals surface area contributed by atoms with E-state index in [1.165, 1.54) is 0 Å². The monoisotopic (exact) mass is 238 g/mol. The third-order valence-corrected chi connectivity index (χ3v) is 3.05. The molecule has 3 N–H and O–H groups in total. The van der Waals surface area contributed by atoms with Gasteiger partial charge in [-0.3, -0.25) is 9.48 Å². The van der Waals surface area contributed by atoms with Crippen LogP contribution in [0, 0.1) is 0 Å². The lowest BCUT2D eigenvalue weighted by Crippen LogP contribution is -2.43. The summed E-state index contributed by atoms with van der Waals surface area (Å²) in [4.78, 5) is 12.1. The fourth-order valence-corrected chi connectivity index (χ4v) is 1.58. The van der Waals surface area contributed by atoms with Gasteiger partial charge in [-0.15, -0.1) is 0 Å². The van der Waals surface area contributed by atoms with Gasteiger partial charge in [0.1, 0.15) is 5.69 Å². The average Bonchev–Trinajstić information content (AvgIpc) is 2.53. The quantitative estimate of drug-likeness (QED) is 0.834. The van der Waals surface area contributed by atoms with Gasteiger partial charge in [-0.2, -0.15) is 5.10 Å². The van der Waals surface area contributed by atoms with Crippen LogP contribution in [0.4, 0.5) is 5.69 Å². The number of anilines is 1. The Balaban J connectivity index is 3.01. The number of hydrogen-bond acceptors (Lipinski definition) is 3. The Labute approximate surface area is 102 Å². The van der Waals surface area contributed by atoms with Gasteiger partial charge in [0.05, 0.1) is 11.4 Å².